The summed E-state index contributed by atoms with van der Waals surface area (Å²) in [6.45, 7) is 1.92. The zero-order valence-electron chi connectivity index (χ0n) is 11.0. The van der Waals surface area contributed by atoms with Crippen LogP contribution >= 0.6 is 11.6 Å². The van der Waals surface area contributed by atoms with Crippen LogP contribution in [0.25, 0.3) is 0 Å². The summed E-state index contributed by atoms with van der Waals surface area (Å²) in [4.78, 5) is 8.16. The molecule has 0 bridgehead atoms. The zero-order valence-corrected chi connectivity index (χ0v) is 11.7. The van der Waals surface area contributed by atoms with Crippen molar-refractivity contribution in [3.63, 3.8) is 0 Å². The first-order valence-corrected chi connectivity index (χ1v) is 6.37. The molecule has 0 aliphatic heterocycles. The van der Waals surface area contributed by atoms with Crippen LogP contribution in [0.3, 0.4) is 0 Å². The molecule has 7 heteroatoms. The van der Waals surface area contributed by atoms with Gasteiger partial charge in [-0.3, -0.25) is 0 Å². The fraction of sp³-hybridized carbons (Fsp3) is 0.231. The van der Waals surface area contributed by atoms with E-state index in [1.807, 2.05) is 6.92 Å². The lowest BCUT2D eigenvalue weighted by Crippen LogP contribution is -2.06. The molecule has 2 rings (SSSR count). The van der Waals surface area contributed by atoms with E-state index in [-0.39, 0.29) is 10.7 Å². The van der Waals surface area contributed by atoms with E-state index < -0.39 is 11.6 Å². The number of hydrogen-bond donors (Lipinski definition) is 2. The summed E-state index contributed by atoms with van der Waals surface area (Å²) < 4.78 is 26.8. The summed E-state index contributed by atoms with van der Waals surface area (Å²) in [5.74, 6) is -0.433. The number of rotatable bonds is 4. The molecule has 106 valence electrons. The monoisotopic (exact) mass is 298 g/mol. The quantitative estimate of drug-likeness (QED) is 0.902. The molecule has 0 aliphatic carbocycles. The van der Waals surface area contributed by atoms with Crippen molar-refractivity contribution in [3.05, 3.63) is 40.7 Å². The number of anilines is 3. The highest BCUT2D eigenvalue weighted by Crippen LogP contribution is 2.31. The van der Waals surface area contributed by atoms with Gasteiger partial charge in [0.25, 0.3) is 0 Å². The summed E-state index contributed by atoms with van der Waals surface area (Å²) >= 11 is 5.85. The lowest BCUT2D eigenvalue weighted by molar-refractivity contribution is 0.586. The van der Waals surface area contributed by atoms with Crippen LogP contribution in [0.2, 0.25) is 5.02 Å². The average Bonchev–Trinajstić information content (AvgIpc) is 2.42. The van der Waals surface area contributed by atoms with Crippen molar-refractivity contribution in [3.8, 4) is 0 Å². The largest absolute Gasteiger partial charge is 0.373 e. The molecule has 0 fully saturated rings. The van der Waals surface area contributed by atoms with Crippen molar-refractivity contribution in [1.29, 1.82) is 0 Å². The summed E-state index contributed by atoms with van der Waals surface area (Å²) in [5.41, 5.74) is 0.776. The van der Waals surface area contributed by atoms with Crippen LogP contribution in [0.5, 0.6) is 0 Å². The van der Waals surface area contributed by atoms with Crippen molar-refractivity contribution in [2.24, 2.45) is 0 Å². The summed E-state index contributed by atoms with van der Waals surface area (Å²) in [6.07, 6.45) is 1.99. The second kappa shape index (κ2) is 6.00. The standard InChI is InChI=1S/C13H13ClF2N4/c1-3-8-12(17-2)18-6-19-13(8)20-11-9(14)4-7(15)5-10(11)16/h4-6H,3H2,1-2H3,(H2,17,18,19,20). The van der Waals surface area contributed by atoms with Gasteiger partial charge in [0.05, 0.1) is 10.7 Å². The minimum atomic E-state index is -0.776. The minimum Gasteiger partial charge on any atom is -0.373 e. The fourth-order valence-electron chi connectivity index (χ4n) is 1.85. The number of halogens is 3. The molecule has 0 saturated carbocycles. The van der Waals surface area contributed by atoms with Gasteiger partial charge < -0.3 is 10.6 Å². The van der Waals surface area contributed by atoms with Gasteiger partial charge in [0.1, 0.15) is 23.8 Å². The maximum Gasteiger partial charge on any atom is 0.151 e. The van der Waals surface area contributed by atoms with E-state index in [1.165, 1.54) is 6.33 Å². The molecule has 0 aliphatic rings. The van der Waals surface area contributed by atoms with Crippen molar-refractivity contribution >= 4 is 28.9 Å². The Balaban J connectivity index is 2.45. The SMILES string of the molecule is CCc1c(NC)ncnc1Nc1c(F)cc(F)cc1Cl. The Morgan fingerprint density at radius 1 is 1.20 bits per heavy atom. The normalized spacial score (nSPS) is 10.4. The van der Waals surface area contributed by atoms with Gasteiger partial charge in [-0.05, 0) is 12.5 Å². The van der Waals surface area contributed by atoms with Crippen LogP contribution in [0.15, 0.2) is 18.5 Å². The van der Waals surface area contributed by atoms with E-state index in [9.17, 15) is 8.78 Å². The molecule has 1 aromatic carbocycles. The molecule has 0 atom stereocenters. The highest BCUT2D eigenvalue weighted by Gasteiger charge is 2.14. The molecule has 1 aromatic heterocycles. The van der Waals surface area contributed by atoms with E-state index >= 15 is 0 Å². The highest BCUT2D eigenvalue weighted by atomic mass is 35.5. The van der Waals surface area contributed by atoms with E-state index in [1.54, 1.807) is 7.05 Å². The van der Waals surface area contributed by atoms with Gasteiger partial charge in [-0.25, -0.2) is 18.7 Å². The predicted molar refractivity (Wildman–Crippen MR) is 75.6 cm³/mol. The van der Waals surface area contributed by atoms with Crippen LogP contribution in [0, 0.1) is 11.6 Å². The molecular weight excluding hydrogens is 286 g/mol. The number of nitrogens with zero attached hydrogens (tertiary/aromatic N) is 2. The van der Waals surface area contributed by atoms with Crippen LogP contribution in [-0.4, -0.2) is 17.0 Å². The number of benzene rings is 1. The Labute approximate surface area is 120 Å². The third-order valence-corrected chi connectivity index (χ3v) is 3.08. The van der Waals surface area contributed by atoms with Gasteiger partial charge in [0.2, 0.25) is 0 Å². The van der Waals surface area contributed by atoms with Crippen molar-refractivity contribution in [1.82, 2.24) is 9.97 Å². The molecule has 0 saturated heterocycles. The third-order valence-electron chi connectivity index (χ3n) is 2.79. The van der Waals surface area contributed by atoms with Gasteiger partial charge in [-0.15, -0.1) is 0 Å². The second-order valence-corrected chi connectivity index (χ2v) is 4.43. The summed E-state index contributed by atoms with van der Waals surface area (Å²) in [5, 5.41) is 5.68. The first kappa shape index (κ1) is 14.5. The number of hydrogen-bond acceptors (Lipinski definition) is 4. The lowest BCUT2D eigenvalue weighted by Gasteiger charge is -2.14. The van der Waals surface area contributed by atoms with E-state index in [4.69, 9.17) is 11.6 Å². The van der Waals surface area contributed by atoms with E-state index in [0.717, 1.165) is 17.7 Å². The minimum absolute atomic E-state index is 0.0106. The first-order chi connectivity index (χ1) is 9.56. The van der Waals surface area contributed by atoms with Gasteiger partial charge in [-0.1, -0.05) is 18.5 Å². The van der Waals surface area contributed by atoms with Crippen molar-refractivity contribution in [2.45, 2.75) is 13.3 Å². The second-order valence-electron chi connectivity index (χ2n) is 4.02. The van der Waals surface area contributed by atoms with Crippen LogP contribution in [0.4, 0.5) is 26.1 Å². The topological polar surface area (TPSA) is 49.8 Å². The fourth-order valence-corrected chi connectivity index (χ4v) is 2.09. The number of aromatic nitrogens is 2. The summed E-state index contributed by atoms with van der Waals surface area (Å²) in [6, 6.07) is 1.80. The molecule has 4 nitrogen and oxygen atoms in total. The van der Waals surface area contributed by atoms with Crippen LogP contribution in [-0.2, 0) is 6.42 Å². The first-order valence-electron chi connectivity index (χ1n) is 6.00. The van der Waals surface area contributed by atoms with E-state index in [0.29, 0.717) is 18.1 Å². The molecule has 2 aromatic rings. The molecule has 0 unspecified atom stereocenters. The Morgan fingerprint density at radius 2 is 1.90 bits per heavy atom. The Bertz CT molecular complexity index is 611. The molecule has 0 spiro atoms. The smallest absolute Gasteiger partial charge is 0.151 e. The maximum atomic E-state index is 13.8. The third kappa shape index (κ3) is 2.80. The predicted octanol–water partition coefficient (Wildman–Crippen LogP) is 3.76. The van der Waals surface area contributed by atoms with Crippen LogP contribution < -0.4 is 10.6 Å². The Morgan fingerprint density at radius 3 is 2.50 bits per heavy atom. The van der Waals surface area contributed by atoms with E-state index in [2.05, 4.69) is 20.6 Å². The summed E-state index contributed by atoms with van der Waals surface area (Å²) in [7, 11) is 1.73. The molecule has 0 amide bonds. The van der Waals surface area contributed by atoms with Gasteiger partial charge in [-0.2, -0.15) is 0 Å². The molecule has 1 heterocycles. The highest BCUT2D eigenvalue weighted by molar-refractivity contribution is 6.33. The van der Waals surface area contributed by atoms with Crippen LogP contribution in [0.1, 0.15) is 12.5 Å². The van der Waals surface area contributed by atoms with Crippen molar-refractivity contribution in [2.75, 3.05) is 17.7 Å². The lowest BCUT2D eigenvalue weighted by atomic mass is 10.2. The molecule has 0 radical (unpaired) electrons. The molecule has 2 N–H and O–H groups in total. The molecule has 20 heavy (non-hydrogen) atoms. The van der Waals surface area contributed by atoms with Gasteiger partial charge >= 0.3 is 0 Å². The molecular formula is C13H13ClF2N4. The van der Waals surface area contributed by atoms with Gasteiger partial charge in [0, 0.05) is 18.7 Å². The van der Waals surface area contributed by atoms with Gasteiger partial charge in [0.15, 0.2) is 5.82 Å². The zero-order chi connectivity index (χ0) is 14.7. The average molecular weight is 299 g/mol. The Kier molecular flexibility index (Phi) is 4.34. The maximum absolute atomic E-state index is 13.8. The Hall–Kier alpha value is -1.95. The number of nitrogens with one attached hydrogen (secondary N) is 2. The van der Waals surface area contributed by atoms with Crippen molar-refractivity contribution < 1.29 is 8.78 Å².